The molecule has 1 fully saturated rings. The van der Waals surface area contributed by atoms with Crippen LogP contribution in [0.3, 0.4) is 0 Å². The van der Waals surface area contributed by atoms with Crippen molar-refractivity contribution in [3.8, 4) is 0 Å². The number of halogens is 1. The number of guanidine groups is 1. The fourth-order valence-corrected chi connectivity index (χ4v) is 2.28. The van der Waals surface area contributed by atoms with E-state index in [-0.39, 0.29) is 29.7 Å². The maximum atomic E-state index is 11.2. The third-order valence-corrected chi connectivity index (χ3v) is 4.49. The molecule has 0 saturated heterocycles. The van der Waals surface area contributed by atoms with Crippen molar-refractivity contribution in [2.24, 2.45) is 10.9 Å². The number of hydrogen-bond donors (Lipinski definition) is 3. The van der Waals surface area contributed by atoms with Crippen LogP contribution in [0.15, 0.2) is 4.99 Å². The average Bonchev–Trinajstić information content (AvgIpc) is 3.04. The normalized spacial score (nSPS) is 22.1. The van der Waals surface area contributed by atoms with E-state index in [0.717, 1.165) is 18.4 Å². The summed E-state index contributed by atoms with van der Waals surface area (Å²) >= 11 is 0. The minimum Gasteiger partial charge on any atom is -0.357 e. The second-order valence-electron chi connectivity index (χ2n) is 4.88. The molecule has 1 saturated carbocycles. The Morgan fingerprint density at radius 2 is 2.00 bits per heavy atom. The van der Waals surface area contributed by atoms with E-state index in [4.69, 9.17) is 0 Å². The number of rotatable bonds is 8. The molecular weight excluding hydrogens is 391 g/mol. The summed E-state index contributed by atoms with van der Waals surface area (Å²) in [6.45, 7) is 7.76. The summed E-state index contributed by atoms with van der Waals surface area (Å²) in [4.78, 5) is 4.43. The van der Waals surface area contributed by atoms with E-state index in [1.807, 2.05) is 6.92 Å². The summed E-state index contributed by atoms with van der Waals surface area (Å²) < 4.78 is 25.0. The van der Waals surface area contributed by atoms with E-state index >= 15 is 0 Å². The second kappa shape index (κ2) is 9.78. The lowest BCUT2D eigenvalue weighted by molar-refractivity contribution is 0.581. The zero-order valence-electron chi connectivity index (χ0n) is 12.5. The number of aliphatic imine (C=N–C) groups is 1. The van der Waals surface area contributed by atoms with Gasteiger partial charge in [0.2, 0.25) is 10.0 Å². The summed E-state index contributed by atoms with van der Waals surface area (Å²) in [5.41, 5.74) is 0. The van der Waals surface area contributed by atoms with Crippen molar-refractivity contribution in [3.63, 3.8) is 0 Å². The maximum Gasteiger partial charge on any atom is 0.211 e. The van der Waals surface area contributed by atoms with E-state index in [9.17, 15) is 8.42 Å². The monoisotopic (exact) mass is 418 g/mol. The van der Waals surface area contributed by atoms with E-state index in [1.165, 1.54) is 6.42 Å². The van der Waals surface area contributed by atoms with Gasteiger partial charge in [-0.25, -0.2) is 13.1 Å². The van der Waals surface area contributed by atoms with Gasteiger partial charge in [0, 0.05) is 25.7 Å². The van der Waals surface area contributed by atoms with Gasteiger partial charge in [0.15, 0.2) is 5.96 Å². The zero-order chi connectivity index (χ0) is 14.3. The number of sulfonamides is 1. The minimum absolute atomic E-state index is 0. The topological polar surface area (TPSA) is 82.6 Å². The molecule has 0 bridgehead atoms. The smallest absolute Gasteiger partial charge is 0.211 e. The van der Waals surface area contributed by atoms with Crippen molar-refractivity contribution in [1.29, 1.82) is 0 Å². The molecule has 20 heavy (non-hydrogen) atoms. The predicted octanol–water partition coefficient (Wildman–Crippen LogP) is 0.897. The van der Waals surface area contributed by atoms with E-state index in [2.05, 4.69) is 27.3 Å². The third kappa shape index (κ3) is 8.25. The predicted molar refractivity (Wildman–Crippen MR) is 94.2 cm³/mol. The van der Waals surface area contributed by atoms with Crippen molar-refractivity contribution >= 4 is 40.0 Å². The highest BCUT2D eigenvalue weighted by Gasteiger charge is 2.33. The Morgan fingerprint density at radius 1 is 1.35 bits per heavy atom. The molecule has 1 rings (SSSR count). The standard InChI is InChI=1S/C12H26N4O2S.HI/c1-4-13-12(16-11-9-10(11)3)14-7-6-8-15-19(17,18)5-2;/h10-11,15H,4-9H2,1-3H3,(H2,13,14,16);1H. The molecule has 0 aromatic heterocycles. The zero-order valence-corrected chi connectivity index (χ0v) is 15.6. The quantitative estimate of drug-likeness (QED) is 0.237. The summed E-state index contributed by atoms with van der Waals surface area (Å²) in [5, 5.41) is 6.55. The largest absolute Gasteiger partial charge is 0.357 e. The Bertz CT molecular complexity index is 400. The number of hydrogen-bond acceptors (Lipinski definition) is 3. The molecule has 1 aliphatic rings. The first kappa shape index (κ1) is 19.9. The lowest BCUT2D eigenvalue weighted by atomic mass is 10.4. The van der Waals surface area contributed by atoms with Crippen LogP contribution in [0.2, 0.25) is 0 Å². The maximum absolute atomic E-state index is 11.2. The highest BCUT2D eigenvalue weighted by atomic mass is 127. The van der Waals surface area contributed by atoms with Crippen LogP contribution in [0.1, 0.15) is 33.6 Å². The molecule has 0 spiro atoms. The highest BCUT2D eigenvalue weighted by Crippen LogP contribution is 2.28. The Kier molecular flexibility index (Phi) is 9.73. The van der Waals surface area contributed by atoms with Gasteiger partial charge in [0.25, 0.3) is 0 Å². The van der Waals surface area contributed by atoms with Crippen molar-refractivity contribution in [1.82, 2.24) is 15.4 Å². The fourth-order valence-electron chi connectivity index (χ4n) is 1.62. The van der Waals surface area contributed by atoms with Gasteiger partial charge in [-0.1, -0.05) is 6.92 Å². The number of nitrogens with one attached hydrogen (secondary N) is 3. The molecular formula is C12H27IN4O2S. The highest BCUT2D eigenvalue weighted by molar-refractivity contribution is 14.0. The first-order valence-corrected chi connectivity index (χ1v) is 8.66. The van der Waals surface area contributed by atoms with Gasteiger partial charge in [0.05, 0.1) is 5.75 Å². The number of nitrogens with zero attached hydrogens (tertiary/aromatic N) is 1. The Hall–Kier alpha value is -0.0900. The van der Waals surface area contributed by atoms with Crippen molar-refractivity contribution < 1.29 is 8.42 Å². The van der Waals surface area contributed by atoms with Crippen LogP contribution in [0.4, 0.5) is 0 Å². The lowest BCUT2D eigenvalue weighted by Crippen LogP contribution is -2.39. The second-order valence-corrected chi connectivity index (χ2v) is 6.97. The molecule has 6 nitrogen and oxygen atoms in total. The van der Waals surface area contributed by atoms with Gasteiger partial charge in [-0.3, -0.25) is 4.99 Å². The first-order chi connectivity index (χ1) is 8.98. The Morgan fingerprint density at radius 3 is 2.50 bits per heavy atom. The van der Waals surface area contributed by atoms with E-state index in [1.54, 1.807) is 6.92 Å². The van der Waals surface area contributed by atoms with Gasteiger partial charge >= 0.3 is 0 Å². The van der Waals surface area contributed by atoms with Gasteiger partial charge in [-0.15, -0.1) is 24.0 Å². The molecule has 0 aromatic rings. The molecule has 0 radical (unpaired) electrons. The van der Waals surface area contributed by atoms with Gasteiger partial charge in [0.1, 0.15) is 0 Å². The Labute approximate surface area is 139 Å². The van der Waals surface area contributed by atoms with E-state index < -0.39 is 10.0 Å². The van der Waals surface area contributed by atoms with Crippen LogP contribution < -0.4 is 15.4 Å². The van der Waals surface area contributed by atoms with Gasteiger partial charge < -0.3 is 10.6 Å². The molecule has 0 aliphatic heterocycles. The molecule has 0 heterocycles. The Balaban J connectivity index is 0.00000361. The minimum atomic E-state index is -3.08. The van der Waals surface area contributed by atoms with Crippen molar-refractivity contribution in [2.45, 2.75) is 39.7 Å². The van der Waals surface area contributed by atoms with Crippen molar-refractivity contribution in [2.75, 3.05) is 25.4 Å². The van der Waals surface area contributed by atoms with Gasteiger partial charge in [-0.05, 0) is 32.6 Å². The fraction of sp³-hybridized carbons (Fsp3) is 0.917. The summed E-state index contributed by atoms with van der Waals surface area (Å²) in [5.74, 6) is 1.68. The van der Waals surface area contributed by atoms with Crippen LogP contribution in [0.25, 0.3) is 0 Å². The van der Waals surface area contributed by atoms with Crippen LogP contribution >= 0.6 is 24.0 Å². The SMILES string of the molecule is CCNC(=NCCCNS(=O)(=O)CC)NC1CC1C.I. The molecule has 1 aliphatic carbocycles. The average molecular weight is 418 g/mol. The van der Waals surface area contributed by atoms with Crippen LogP contribution in [-0.4, -0.2) is 45.8 Å². The molecule has 120 valence electrons. The van der Waals surface area contributed by atoms with Gasteiger partial charge in [-0.2, -0.15) is 0 Å². The third-order valence-electron chi connectivity index (χ3n) is 3.08. The summed E-state index contributed by atoms with van der Waals surface area (Å²) in [7, 11) is -3.08. The summed E-state index contributed by atoms with van der Waals surface area (Å²) in [6, 6.07) is 0.538. The van der Waals surface area contributed by atoms with Crippen LogP contribution in [0, 0.1) is 5.92 Å². The molecule has 2 atom stereocenters. The van der Waals surface area contributed by atoms with Crippen molar-refractivity contribution in [3.05, 3.63) is 0 Å². The summed E-state index contributed by atoms with van der Waals surface area (Å²) in [6.07, 6.45) is 1.90. The first-order valence-electron chi connectivity index (χ1n) is 7.00. The lowest BCUT2D eigenvalue weighted by Gasteiger charge is -2.10. The van der Waals surface area contributed by atoms with Crippen LogP contribution in [-0.2, 0) is 10.0 Å². The molecule has 2 unspecified atom stereocenters. The molecule has 0 aromatic carbocycles. The molecule has 8 heteroatoms. The van der Waals surface area contributed by atoms with E-state index in [0.29, 0.717) is 25.6 Å². The van der Waals surface area contributed by atoms with Crippen LogP contribution in [0.5, 0.6) is 0 Å². The molecule has 0 amide bonds. The molecule has 3 N–H and O–H groups in total.